The third-order valence-electron chi connectivity index (χ3n) is 8.40. The zero-order chi connectivity index (χ0) is 37.9. The van der Waals surface area contributed by atoms with Crippen molar-refractivity contribution in [3.05, 3.63) is 72.3 Å². The van der Waals surface area contributed by atoms with E-state index in [1.807, 2.05) is 45.5 Å². The van der Waals surface area contributed by atoms with E-state index in [-0.39, 0.29) is 48.7 Å². The lowest BCUT2D eigenvalue weighted by Gasteiger charge is -2.13. The normalized spacial score (nSPS) is 11.3. The Labute approximate surface area is 304 Å². The van der Waals surface area contributed by atoms with Gasteiger partial charge in [0.15, 0.2) is 0 Å². The number of anilines is 4. The van der Waals surface area contributed by atoms with Crippen LogP contribution in [0.4, 0.5) is 22.7 Å². The first-order valence-corrected chi connectivity index (χ1v) is 17.7. The summed E-state index contributed by atoms with van der Waals surface area (Å²) in [6, 6.07) is 14.4. The summed E-state index contributed by atoms with van der Waals surface area (Å²) >= 11 is 0. The summed E-state index contributed by atoms with van der Waals surface area (Å²) < 4.78 is 3.67. The highest BCUT2D eigenvalue weighted by molar-refractivity contribution is 6.07. The number of amides is 4. The van der Waals surface area contributed by atoms with Gasteiger partial charge in [-0.15, -0.1) is 0 Å². The van der Waals surface area contributed by atoms with Crippen LogP contribution in [0.5, 0.6) is 0 Å². The first-order valence-electron chi connectivity index (χ1n) is 17.7. The minimum atomic E-state index is -0.580. The second-order valence-corrected chi connectivity index (χ2v) is 14.0. The first kappa shape index (κ1) is 39.3. The van der Waals surface area contributed by atoms with Crippen molar-refractivity contribution in [2.75, 3.05) is 21.3 Å². The molecule has 0 saturated carbocycles. The molecule has 0 saturated heterocycles. The molecule has 11 N–H and O–H groups in total. The molecule has 52 heavy (non-hydrogen) atoms. The lowest BCUT2D eigenvalue weighted by atomic mass is 10.1. The summed E-state index contributed by atoms with van der Waals surface area (Å²) in [7, 11) is 0. The molecular formula is C38H52N10O4. The van der Waals surface area contributed by atoms with Crippen molar-refractivity contribution >= 4 is 63.0 Å². The first-order chi connectivity index (χ1) is 24.7. The van der Waals surface area contributed by atoms with Crippen molar-refractivity contribution in [3.63, 3.8) is 0 Å². The SMILES string of the molecule is CC(C)CCn1cc(NC(=O)CCC(=N)N)cc1C(=O)Nc1ccc2ccc(NC(=O)c3cc(NC(=O)CCC(N)N)cn3CCC(C)C)cc2c1. The molecule has 0 atom stereocenters. The van der Waals surface area contributed by atoms with E-state index in [4.69, 9.17) is 22.6 Å². The van der Waals surface area contributed by atoms with Crippen LogP contribution in [0.1, 0.15) is 87.2 Å². The molecule has 0 fully saturated rings. The van der Waals surface area contributed by atoms with Crippen LogP contribution in [0.2, 0.25) is 0 Å². The summed E-state index contributed by atoms with van der Waals surface area (Å²) in [5.41, 5.74) is 19.5. The molecule has 4 rings (SSSR count). The lowest BCUT2D eigenvalue weighted by molar-refractivity contribution is -0.117. The number of carbonyl (C=O) groups excluding carboxylic acids is 4. The van der Waals surface area contributed by atoms with Crippen molar-refractivity contribution < 1.29 is 19.2 Å². The number of aryl methyl sites for hydroxylation is 2. The quantitative estimate of drug-likeness (QED) is 0.0366. The third-order valence-corrected chi connectivity index (χ3v) is 8.40. The molecule has 0 radical (unpaired) electrons. The Morgan fingerprint density at radius 1 is 0.615 bits per heavy atom. The van der Waals surface area contributed by atoms with Crippen molar-refractivity contribution in [1.29, 1.82) is 5.41 Å². The molecule has 14 heteroatoms. The number of nitrogens with two attached hydrogens (primary N) is 3. The Kier molecular flexibility index (Phi) is 13.7. The molecule has 2 heterocycles. The molecule has 0 aliphatic carbocycles. The fourth-order valence-electron chi connectivity index (χ4n) is 5.49. The number of nitrogens with zero attached hydrogens (tertiary/aromatic N) is 2. The number of amidine groups is 1. The predicted octanol–water partition coefficient (Wildman–Crippen LogP) is 5.66. The van der Waals surface area contributed by atoms with Gasteiger partial charge in [-0.3, -0.25) is 24.6 Å². The van der Waals surface area contributed by atoms with E-state index in [1.165, 1.54) is 0 Å². The molecule has 0 bridgehead atoms. The van der Waals surface area contributed by atoms with Gasteiger partial charge in [-0.1, -0.05) is 39.8 Å². The highest BCUT2D eigenvalue weighted by Gasteiger charge is 2.18. The van der Waals surface area contributed by atoms with Crippen molar-refractivity contribution in [3.8, 4) is 0 Å². The van der Waals surface area contributed by atoms with E-state index < -0.39 is 6.17 Å². The van der Waals surface area contributed by atoms with Gasteiger partial charge >= 0.3 is 0 Å². The van der Waals surface area contributed by atoms with Gasteiger partial charge in [-0.05, 0) is 78.3 Å². The van der Waals surface area contributed by atoms with E-state index in [0.29, 0.717) is 65.5 Å². The van der Waals surface area contributed by atoms with Gasteiger partial charge < -0.3 is 47.6 Å². The van der Waals surface area contributed by atoms with E-state index in [1.54, 1.807) is 24.5 Å². The van der Waals surface area contributed by atoms with Crippen molar-refractivity contribution in [2.45, 2.75) is 85.5 Å². The van der Waals surface area contributed by atoms with E-state index in [2.05, 4.69) is 49.0 Å². The molecule has 2 aromatic carbocycles. The third kappa shape index (κ3) is 11.8. The summed E-state index contributed by atoms with van der Waals surface area (Å²) in [6.45, 7) is 9.60. The van der Waals surface area contributed by atoms with Crippen LogP contribution in [0.25, 0.3) is 10.8 Å². The highest BCUT2D eigenvalue weighted by atomic mass is 16.2. The molecule has 0 unspecified atom stereocenters. The topological polar surface area (TPSA) is 228 Å². The molecule has 0 aliphatic rings. The number of benzene rings is 2. The van der Waals surface area contributed by atoms with Crippen LogP contribution in [0.3, 0.4) is 0 Å². The van der Waals surface area contributed by atoms with Crippen LogP contribution in [0, 0.1) is 17.2 Å². The summed E-state index contributed by atoms with van der Waals surface area (Å²) in [6.07, 6.45) is 5.34. The van der Waals surface area contributed by atoms with Gasteiger partial charge in [-0.2, -0.15) is 0 Å². The van der Waals surface area contributed by atoms with Gasteiger partial charge in [0.1, 0.15) is 11.4 Å². The minimum Gasteiger partial charge on any atom is -0.388 e. The number of nitrogens with one attached hydrogen (secondary N) is 5. The van der Waals surface area contributed by atoms with Gasteiger partial charge in [-0.25, -0.2) is 0 Å². The number of aromatic nitrogens is 2. The van der Waals surface area contributed by atoms with Crippen LogP contribution < -0.4 is 38.5 Å². The second kappa shape index (κ2) is 18.1. The highest BCUT2D eigenvalue weighted by Crippen LogP contribution is 2.26. The van der Waals surface area contributed by atoms with Crippen molar-refractivity contribution in [1.82, 2.24) is 9.13 Å². The van der Waals surface area contributed by atoms with Gasteiger partial charge in [0.25, 0.3) is 11.8 Å². The zero-order valence-corrected chi connectivity index (χ0v) is 30.4. The molecule has 4 aromatic rings. The van der Waals surface area contributed by atoms with Gasteiger partial charge in [0.2, 0.25) is 11.8 Å². The fourth-order valence-corrected chi connectivity index (χ4v) is 5.49. The standard InChI is InChI=1S/C38H52N10O4/c1-23(2)13-15-47-21-29(43-35(49)11-9-33(39)40)19-31(47)37(51)45-27-7-5-25-6-8-28(18-26(25)17-27)46-38(52)32-20-30(22-48(32)16-14-24(3)4)44-36(50)12-10-34(41)42/h5-8,17-24,33H,9-16,39-40H2,1-4H3,(H3,41,42)(H,43,49)(H,44,50)(H,45,51)(H,46,52). The summed E-state index contributed by atoms with van der Waals surface area (Å²) in [4.78, 5) is 52.0. The lowest BCUT2D eigenvalue weighted by Crippen LogP contribution is -2.31. The maximum atomic E-state index is 13.6. The fraction of sp³-hybridized carbons (Fsp3) is 0.395. The van der Waals surface area contributed by atoms with Crippen LogP contribution in [-0.2, 0) is 22.7 Å². The molecule has 0 spiro atoms. The van der Waals surface area contributed by atoms with E-state index >= 15 is 0 Å². The predicted molar refractivity (Wildman–Crippen MR) is 207 cm³/mol. The second-order valence-electron chi connectivity index (χ2n) is 14.0. The number of rotatable bonds is 18. The van der Waals surface area contributed by atoms with Gasteiger partial charge in [0, 0.05) is 56.1 Å². The molecule has 14 nitrogen and oxygen atoms in total. The number of hydrogen-bond acceptors (Lipinski definition) is 7. The van der Waals surface area contributed by atoms with Crippen LogP contribution in [0.15, 0.2) is 60.9 Å². The summed E-state index contributed by atoms with van der Waals surface area (Å²) in [5, 5.41) is 20.7. The van der Waals surface area contributed by atoms with Crippen molar-refractivity contribution in [2.24, 2.45) is 29.0 Å². The zero-order valence-electron chi connectivity index (χ0n) is 30.4. The largest absolute Gasteiger partial charge is 0.388 e. The Morgan fingerprint density at radius 2 is 1.08 bits per heavy atom. The van der Waals surface area contributed by atoms with E-state index in [9.17, 15) is 19.2 Å². The monoisotopic (exact) mass is 712 g/mol. The Bertz CT molecular complexity index is 1910. The molecule has 4 amide bonds. The number of fused-ring (bicyclic) bond motifs is 1. The Morgan fingerprint density at radius 3 is 1.50 bits per heavy atom. The number of hydrogen-bond donors (Lipinski definition) is 8. The minimum absolute atomic E-state index is 0.0661. The maximum Gasteiger partial charge on any atom is 0.272 e. The Balaban J connectivity index is 1.51. The molecule has 2 aromatic heterocycles. The smallest absolute Gasteiger partial charge is 0.272 e. The van der Waals surface area contributed by atoms with Gasteiger partial charge in [0.05, 0.1) is 23.4 Å². The molecule has 0 aliphatic heterocycles. The average molecular weight is 713 g/mol. The Hall–Kier alpha value is -5.47. The van der Waals surface area contributed by atoms with E-state index in [0.717, 1.165) is 23.6 Å². The van der Waals surface area contributed by atoms with Crippen LogP contribution >= 0.6 is 0 Å². The van der Waals surface area contributed by atoms with Crippen LogP contribution in [-0.4, -0.2) is 44.8 Å². The summed E-state index contributed by atoms with van der Waals surface area (Å²) in [5.74, 6) is -0.447. The average Bonchev–Trinajstić information content (AvgIpc) is 3.68. The molecule has 278 valence electrons. The maximum absolute atomic E-state index is 13.6. The number of carbonyl (C=O) groups is 4. The molecular weight excluding hydrogens is 660 g/mol.